The smallest absolute Gasteiger partial charge is 0.254 e. The van der Waals surface area contributed by atoms with Crippen LogP contribution in [0.1, 0.15) is 67.4 Å². The number of nitrogens with one attached hydrogen (secondary N) is 1. The molecule has 33 heavy (non-hydrogen) atoms. The van der Waals surface area contributed by atoms with Gasteiger partial charge in [0.15, 0.2) is 0 Å². The minimum Gasteiger partial charge on any atom is -0.334 e. The second kappa shape index (κ2) is 11.1. The Morgan fingerprint density at radius 2 is 1.70 bits per heavy atom. The fourth-order valence-corrected chi connectivity index (χ4v) is 4.17. The monoisotopic (exact) mass is 446 g/mol. The maximum absolute atomic E-state index is 13.3. The Labute approximate surface area is 196 Å². The number of hydrogen-bond acceptors (Lipinski definition) is 4. The summed E-state index contributed by atoms with van der Waals surface area (Å²) in [5, 5.41) is 12.1. The summed E-state index contributed by atoms with van der Waals surface area (Å²) in [6.07, 6.45) is 5.40. The van der Waals surface area contributed by atoms with Gasteiger partial charge in [0.1, 0.15) is 0 Å². The number of nitriles is 1. The Balaban J connectivity index is 1.71. The van der Waals surface area contributed by atoms with E-state index >= 15 is 0 Å². The molecule has 6 heteroatoms. The number of carbonyl (C=O) groups excluding carboxylic acids is 2. The van der Waals surface area contributed by atoms with Crippen LogP contribution in [0, 0.1) is 22.7 Å². The van der Waals surface area contributed by atoms with E-state index in [1.54, 1.807) is 29.2 Å². The van der Waals surface area contributed by atoms with Crippen molar-refractivity contribution in [2.45, 2.75) is 52.5 Å². The van der Waals surface area contributed by atoms with Crippen LogP contribution in [0.15, 0.2) is 48.5 Å². The van der Waals surface area contributed by atoms with Crippen LogP contribution in [0.5, 0.6) is 0 Å². The van der Waals surface area contributed by atoms with Crippen molar-refractivity contribution in [3.05, 3.63) is 65.2 Å². The lowest BCUT2D eigenvalue weighted by Crippen LogP contribution is -2.41. The summed E-state index contributed by atoms with van der Waals surface area (Å²) in [6.45, 7) is 5.46. The summed E-state index contributed by atoms with van der Waals surface area (Å²) >= 11 is 0. The summed E-state index contributed by atoms with van der Waals surface area (Å²) in [5.74, 6) is 0.109. The predicted molar refractivity (Wildman–Crippen MR) is 130 cm³/mol. The van der Waals surface area contributed by atoms with Crippen LogP contribution >= 0.6 is 0 Å². The van der Waals surface area contributed by atoms with Crippen molar-refractivity contribution in [1.82, 2.24) is 4.90 Å². The van der Waals surface area contributed by atoms with Crippen molar-refractivity contribution in [1.29, 1.82) is 5.26 Å². The number of nitrogens with two attached hydrogens (primary N) is 1. The van der Waals surface area contributed by atoms with Gasteiger partial charge in [-0.2, -0.15) is 5.26 Å². The van der Waals surface area contributed by atoms with E-state index in [1.165, 1.54) is 6.42 Å². The van der Waals surface area contributed by atoms with Crippen LogP contribution in [-0.2, 0) is 11.3 Å². The lowest BCUT2D eigenvalue weighted by atomic mass is 9.88. The Bertz CT molecular complexity index is 984. The zero-order chi connectivity index (χ0) is 23.8. The quantitative estimate of drug-likeness (QED) is 0.614. The van der Waals surface area contributed by atoms with Gasteiger partial charge in [-0.3, -0.25) is 9.59 Å². The molecule has 0 atom stereocenters. The van der Waals surface area contributed by atoms with E-state index in [0.717, 1.165) is 36.9 Å². The van der Waals surface area contributed by atoms with E-state index in [2.05, 4.69) is 11.4 Å². The van der Waals surface area contributed by atoms with Crippen LogP contribution in [-0.4, -0.2) is 29.8 Å². The molecule has 0 spiro atoms. The molecule has 2 aromatic carbocycles. The van der Waals surface area contributed by atoms with Gasteiger partial charge in [-0.05, 0) is 66.8 Å². The molecule has 0 aromatic heterocycles. The number of carbonyl (C=O) groups is 2. The van der Waals surface area contributed by atoms with E-state index in [-0.39, 0.29) is 23.1 Å². The molecule has 1 aliphatic carbocycles. The Morgan fingerprint density at radius 1 is 1.06 bits per heavy atom. The first-order valence-electron chi connectivity index (χ1n) is 11.7. The highest BCUT2D eigenvalue weighted by Gasteiger charge is 2.25. The maximum Gasteiger partial charge on any atom is 0.254 e. The summed E-state index contributed by atoms with van der Waals surface area (Å²) < 4.78 is 0. The molecule has 0 heterocycles. The minimum absolute atomic E-state index is 0.101. The number of hydrogen-bond donors (Lipinski definition) is 2. The van der Waals surface area contributed by atoms with Gasteiger partial charge in [-0.25, -0.2) is 0 Å². The van der Waals surface area contributed by atoms with Crippen LogP contribution in [0.3, 0.4) is 0 Å². The normalized spacial score (nSPS) is 14.4. The molecule has 6 nitrogen and oxygen atoms in total. The standard InChI is InChI=1S/C27H34N4O2/c1-27(2,18-29)19-31(26(33)23-12-8-20(16-28)9-13-23)17-21-10-14-24(15-11-21)30-25(32)22-6-4-3-5-7-22/h8-15,22H,3-7,17-19,29H2,1-2H3,(H,30,32). The van der Waals surface area contributed by atoms with Crippen LogP contribution in [0.4, 0.5) is 5.69 Å². The highest BCUT2D eigenvalue weighted by atomic mass is 16.2. The first-order chi connectivity index (χ1) is 15.8. The third kappa shape index (κ3) is 6.90. The SMILES string of the molecule is CC(C)(CN)CN(Cc1ccc(NC(=O)C2CCCCC2)cc1)C(=O)c1ccc(C#N)cc1. The van der Waals surface area contributed by atoms with Gasteiger partial charge in [0.2, 0.25) is 5.91 Å². The first kappa shape index (κ1) is 24.5. The van der Waals surface area contributed by atoms with Crippen molar-refractivity contribution in [2.24, 2.45) is 17.1 Å². The summed E-state index contributed by atoms with van der Waals surface area (Å²) in [6, 6.07) is 16.5. The molecule has 174 valence electrons. The first-order valence-corrected chi connectivity index (χ1v) is 11.7. The van der Waals surface area contributed by atoms with Gasteiger partial charge >= 0.3 is 0 Å². The number of benzene rings is 2. The van der Waals surface area contributed by atoms with Crippen molar-refractivity contribution in [2.75, 3.05) is 18.4 Å². The molecule has 2 aromatic rings. The van der Waals surface area contributed by atoms with E-state index in [9.17, 15) is 9.59 Å². The van der Waals surface area contributed by atoms with Gasteiger partial charge in [-0.1, -0.05) is 45.2 Å². The van der Waals surface area contributed by atoms with E-state index in [0.29, 0.717) is 30.8 Å². The van der Waals surface area contributed by atoms with Gasteiger partial charge in [0.25, 0.3) is 5.91 Å². The number of rotatable bonds is 8. The van der Waals surface area contributed by atoms with Crippen molar-refractivity contribution < 1.29 is 9.59 Å². The Hall–Kier alpha value is -3.17. The van der Waals surface area contributed by atoms with Gasteiger partial charge in [0.05, 0.1) is 11.6 Å². The third-order valence-electron chi connectivity index (χ3n) is 6.29. The van der Waals surface area contributed by atoms with Crippen molar-refractivity contribution in [3.63, 3.8) is 0 Å². The highest BCUT2D eigenvalue weighted by molar-refractivity contribution is 5.94. The number of anilines is 1. The summed E-state index contributed by atoms with van der Waals surface area (Å²) in [4.78, 5) is 27.6. The predicted octanol–water partition coefficient (Wildman–Crippen LogP) is 4.70. The molecule has 1 fully saturated rings. The highest BCUT2D eigenvalue weighted by Crippen LogP contribution is 2.25. The Kier molecular flexibility index (Phi) is 8.24. The molecule has 1 aliphatic rings. The minimum atomic E-state index is -0.240. The van der Waals surface area contributed by atoms with E-state index in [1.807, 2.05) is 38.1 Å². The molecule has 0 aliphatic heterocycles. The van der Waals surface area contributed by atoms with E-state index < -0.39 is 0 Å². The average molecular weight is 447 g/mol. The molecule has 0 saturated heterocycles. The lowest BCUT2D eigenvalue weighted by molar-refractivity contribution is -0.120. The van der Waals surface area contributed by atoms with Crippen LogP contribution in [0.25, 0.3) is 0 Å². The van der Waals surface area contributed by atoms with Crippen LogP contribution < -0.4 is 11.1 Å². The summed E-state index contributed by atoms with van der Waals surface area (Å²) in [7, 11) is 0. The maximum atomic E-state index is 13.3. The fraction of sp³-hybridized carbons (Fsp3) is 0.444. The molecule has 3 N–H and O–H groups in total. The summed E-state index contributed by atoms with van der Waals surface area (Å²) in [5.41, 5.74) is 8.51. The van der Waals surface area contributed by atoms with Crippen molar-refractivity contribution >= 4 is 17.5 Å². The number of amides is 2. The molecular weight excluding hydrogens is 412 g/mol. The molecule has 0 unspecified atom stereocenters. The van der Waals surface area contributed by atoms with E-state index in [4.69, 9.17) is 11.0 Å². The largest absolute Gasteiger partial charge is 0.334 e. The zero-order valence-electron chi connectivity index (χ0n) is 19.6. The third-order valence-corrected chi connectivity index (χ3v) is 6.29. The molecule has 3 rings (SSSR count). The van der Waals surface area contributed by atoms with Crippen molar-refractivity contribution in [3.8, 4) is 6.07 Å². The molecule has 0 bridgehead atoms. The van der Waals surface area contributed by atoms with Gasteiger partial charge in [0, 0.05) is 30.3 Å². The molecular formula is C27H34N4O2. The van der Waals surface area contributed by atoms with Gasteiger partial charge in [-0.15, -0.1) is 0 Å². The molecule has 0 radical (unpaired) electrons. The fourth-order valence-electron chi connectivity index (χ4n) is 4.17. The number of nitrogens with zero attached hydrogens (tertiary/aromatic N) is 2. The second-order valence-electron chi connectivity index (χ2n) is 9.74. The second-order valence-corrected chi connectivity index (χ2v) is 9.74. The molecule has 2 amide bonds. The lowest BCUT2D eigenvalue weighted by Gasteiger charge is -2.32. The average Bonchev–Trinajstić information content (AvgIpc) is 2.85. The molecule has 1 saturated carbocycles. The zero-order valence-corrected chi connectivity index (χ0v) is 19.6. The van der Waals surface area contributed by atoms with Gasteiger partial charge < -0.3 is 16.0 Å². The topological polar surface area (TPSA) is 99.2 Å². The Morgan fingerprint density at radius 3 is 2.27 bits per heavy atom. The van der Waals surface area contributed by atoms with Crippen LogP contribution in [0.2, 0.25) is 0 Å².